The van der Waals surface area contributed by atoms with Gasteiger partial charge in [-0.1, -0.05) is 6.92 Å². The Labute approximate surface area is 119 Å². The second-order valence-electron chi connectivity index (χ2n) is 5.33. The Morgan fingerprint density at radius 1 is 1.40 bits per heavy atom. The molecule has 2 aromatic rings. The predicted octanol–water partition coefficient (Wildman–Crippen LogP) is 2.16. The molecule has 0 spiro atoms. The van der Waals surface area contributed by atoms with E-state index in [0.717, 1.165) is 38.2 Å². The van der Waals surface area contributed by atoms with Crippen LogP contribution in [0.2, 0.25) is 0 Å². The van der Waals surface area contributed by atoms with Crippen molar-refractivity contribution in [3.05, 3.63) is 35.5 Å². The highest BCUT2D eigenvalue weighted by Gasteiger charge is 2.19. The molecule has 0 radical (unpaired) electrons. The molecule has 1 aliphatic rings. The fourth-order valence-corrected chi connectivity index (χ4v) is 2.97. The van der Waals surface area contributed by atoms with E-state index in [2.05, 4.69) is 40.5 Å². The Kier molecular flexibility index (Phi) is 3.72. The third-order valence-electron chi connectivity index (χ3n) is 3.92. The Morgan fingerprint density at radius 2 is 2.30 bits per heavy atom. The van der Waals surface area contributed by atoms with E-state index in [4.69, 9.17) is 5.26 Å². The van der Waals surface area contributed by atoms with E-state index in [1.807, 2.05) is 12.1 Å². The number of benzene rings is 1. The summed E-state index contributed by atoms with van der Waals surface area (Å²) in [5.41, 5.74) is 3.27. The average molecular weight is 268 g/mol. The third-order valence-corrected chi connectivity index (χ3v) is 3.92. The first-order valence-electron chi connectivity index (χ1n) is 7.30. The van der Waals surface area contributed by atoms with Crippen LogP contribution in [-0.2, 0) is 6.54 Å². The van der Waals surface area contributed by atoms with Crippen LogP contribution in [0.25, 0.3) is 10.9 Å². The maximum atomic E-state index is 9.12. The zero-order chi connectivity index (χ0) is 13.9. The van der Waals surface area contributed by atoms with Crippen LogP contribution in [0.5, 0.6) is 0 Å². The van der Waals surface area contributed by atoms with Gasteiger partial charge in [-0.3, -0.25) is 0 Å². The zero-order valence-corrected chi connectivity index (χ0v) is 11.8. The lowest BCUT2D eigenvalue weighted by Gasteiger charge is -2.24. The average Bonchev–Trinajstić information content (AvgIpc) is 2.86. The normalized spacial score (nSPS) is 19.1. The number of rotatable bonds is 3. The minimum Gasteiger partial charge on any atom is -0.347 e. The Bertz CT molecular complexity index is 644. The Balaban J connectivity index is 2.11. The summed E-state index contributed by atoms with van der Waals surface area (Å²) in [7, 11) is 0. The molecular weight excluding hydrogens is 248 g/mol. The number of aromatic nitrogens is 1. The quantitative estimate of drug-likeness (QED) is 0.897. The molecule has 4 heteroatoms. The molecule has 1 unspecified atom stereocenters. The molecule has 0 amide bonds. The molecule has 2 heterocycles. The standard InChI is InChI=1S/C16H20N4/c1-2-7-20-11-14(15-10-18-5-6-19-15)13-8-12(9-17)3-4-16(13)20/h3-4,8,11,15,18-19H,2,5-7,10H2,1H3. The van der Waals surface area contributed by atoms with Crippen LogP contribution in [0.15, 0.2) is 24.4 Å². The molecule has 20 heavy (non-hydrogen) atoms. The lowest BCUT2D eigenvalue weighted by atomic mass is 10.0. The highest BCUT2D eigenvalue weighted by atomic mass is 15.1. The first-order valence-corrected chi connectivity index (χ1v) is 7.30. The van der Waals surface area contributed by atoms with E-state index in [1.165, 1.54) is 16.5 Å². The number of nitrogens with zero attached hydrogens (tertiary/aromatic N) is 2. The molecule has 0 bridgehead atoms. The third kappa shape index (κ3) is 2.31. The molecule has 3 rings (SSSR count). The molecule has 104 valence electrons. The zero-order valence-electron chi connectivity index (χ0n) is 11.8. The van der Waals surface area contributed by atoms with E-state index in [0.29, 0.717) is 6.04 Å². The molecule has 1 saturated heterocycles. The van der Waals surface area contributed by atoms with Gasteiger partial charge in [-0.05, 0) is 30.2 Å². The monoisotopic (exact) mass is 268 g/mol. The molecule has 1 fully saturated rings. The summed E-state index contributed by atoms with van der Waals surface area (Å²) < 4.78 is 2.31. The smallest absolute Gasteiger partial charge is 0.0991 e. The maximum absolute atomic E-state index is 9.12. The van der Waals surface area contributed by atoms with Gasteiger partial charge in [0.25, 0.3) is 0 Å². The van der Waals surface area contributed by atoms with Gasteiger partial charge in [-0.2, -0.15) is 5.26 Å². The summed E-state index contributed by atoms with van der Waals surface area (Å²) in [6, 6.07) is 8.58. The van der Waals surface area contributed by atoms with E-state index in [1.54, 1.807) is 0 Å². The van der Waals surface area contributed by atoms with Gasteiger partial charge in [0.1, 0.15) is 0 Å². The summed E-state index contributed by atoms with van der Waals surface area (Å²) in [5.74, 6) is 0. The van der Waals surface area contributed by atoms with E-state index in [-0.39, 0.29) is 0 Å². The predicted molar refractivity (Wildman–Crippen MR) is 80.6 cm³/mol. The summed E-state index contributed by atoms with van der Waals surface area (Å²) in [5, 5.41) is 17.3. The highest BCUT2D eigenvalue weighted by Crippen LogP contribution is 2.28. The highest BCUT2D eigenvalue weighted by molar-refractivity contribution is 5.86. The van der Waals surface area contributed by atoms with Crippen molar-refractivity contribution in [3.8, 4) is 6.07 Å². The molecular formula is C16H20N4. The van der Waals surface area contributed by atoms with Gasteiger partial charge in [0, 0.05) is 49.3 Å². The largest absolute Gasteiger partial charge is 0.347 e. The number of piperazine rings is 1. The van der Waals surface area contributed by atoms with Crippen LogP contribution < -0.4 is 10.6 Å². The lowest BCUT2D eigenvalue weighted by Crippen LogP contribution is -2.42. The number of aryl methyl sites for hydroxylation is 1. The van der Waals surface area contributed by atoms with E-state index >= 15 is 0 Å². The number of hydrogen-bond donors (Lipinski definition) is 2. The van der Waals surface area contributed by atoms with Crippen molar-refractivity contribution in [2.75, 3.05) is 19.6 Å². The van der Waals surface area contributed by atoms with Crippen molar-refractivity contribution in [3.63, 3.8) is 0 Å². The molecule has 1 aliphatic heterocycles. The van der Waals surface area contributed by atoms with E-state index < -0.39 is 0 Å². The second-order valence-corrected chi connectivity index (χ2v) is 5.33. The van der Waals surface area contributed by atoms with Gasteiger partial charge in [-0.25, -0.2) is 0 Å². The molecule has 0 aliphatic carbocycles. The van der Waals surface area contributed by atoms with Crippen LogP contribution >= 0.6 is 0 Å². The first-order chi connectivity index (χ1) is 9.83. The van der Waals surface area contributed by atoms with Crippen molar-refractivity contribution >= 4 is 10.9 Å². The van der Waals surface area contributed by atoms with Gasteiger partial charge in [-0.15, -0.1) is 0 Å². The van der Waals surface area contributed by atoms with Crippen LogP contribution in [0, 0.1) is 11.3 Å². The summed E-state index contributed by atoms with van der Waals surface area (Å²) in [6.07, 6.45) is 3.36. The fourth-order valence-electron chi connectivity index (χ4n) is 2.97. The van der Waals surface area contributed by atoms with Gasteiger partial charge < -0.3 is 15.2 Å². The van der Waals surface area contributed by atoms with Crippen molar-refractivity contribution in [1.82, 2.24) is 15.2 Å². The number of nitrogens with one attached hydrogen (secondary N) is 2. The molecule has 1 aromatic carbocycles. The maximum Gasteiger partial charge on any atom is 0.0991 e. The Morgan fingerprint density at radius 3 is 3.00 bits per heavy atom. The van der Waals surface area contributed by atoms with E-state index in [9.17, 15) is 0 Å². The number of fused-ring (bicyclic) bond motifs is 1. The van der Waals surface area contributed by atoms with Crippen LogP contribution in [0.4, 0.5) is 0 Å². The fraction of sp³-hybridized carbons (Fsp3) is 0.438. The first kappa shape index (κ1) is 13.2. The lowest BCUT2D eigenvalue weighted by molar-refractivity contribution is 0.431. The summed E-state index contributed by atoms with van der Waals surface area (Å²) in [6.45, 7) is 6.16. The van der Waals surface area contributed by atoms with Crippen LogP contribution in [0.1, 0.15) is 30.5 Å². The molecule has 2 N–H and O–H groups in total. The van der Waals surface area contributed by atoms with Crippen LogP contribution in [0.3, 0.4) is 0 Å². The van der Waals surface area contributed by atoms with Crippen molar-refractivity contribution < 1.29 is 0 Å². The molecule has 1 aromatic heterocycles. The Hall–Kier alpha value is -1.83. The number of nitriles is 1. The summed E-state index contributed by atoms with van der Waals surface area (Å²) in [4.78, 5) is 0. The minimum absolute atomic E-state index is 0.332. The van der Waals surface area contributed by atoms with Gasteiger partial charge >= 0.3 is 0 Å². The van der Waals surface area contributed by atoms with Gasteiger partial charge in [0.15, 0.2) is 0 Å². The van der Waals surface area contributed by atoms with Crippen LogP contribution in [-0.4, -0.2) is 24.2 Å². The van der Waals surface area contributed by atoms with Crippen molar-refractivity contribution in [1.29, 1.82) is 5.26 Å². The SMILES string of the molecule is CCCn1cc(C2CNCCN2)c2cc(C#N)ccc21. The number of hydrogen-bond acceptors (Lipinski definition) is 3. The summed E-state index contributed by atoms with van der Waals surface area (Å²) >= 11 is 0. The topological polar surface area (TPSA) is 52.8 Å². The second kappa shape index (κ2) is 5.66. The molecule has 0 saturated carbocycles. The van der Waals surface area contributed by atoms with Gasteiger partial charge in [0.05, 0.1) is 11.6 Å². The van der Waals surface area contributed by atoms with Gasteiger partial charge in [0.2, 0.25) is 0 Å². The molecule has 1 atom stereocenters. The minimum atomic E-state index is 0.332. The molecule has 4 nitrogen and oxygen atoms in total. The van der Waals surface area contributed by atoms with Crippen molar-refractivity contribution in [2.45, 2.75) is 25.9 Å². The van der Waals surface area contributed by atoms with Crippen molar-refractivity contribution in [2.24, 2.45) is 0 Å².